The highest BCUT2D eigenvalue weighted by atomic mass is 32.2. The van der Waals surface area contributed by atoms with Gasteiger partial charge in [-0.2, -0.15) is 4.31 Å². The Morgan fingerprint density at radius 3 is 2.09 bits per heavy atom. The maximum absolute atomic E-state index is 12.1. The van der Waals surface area contributed by atoms with Gasteiger partial charge in [-0.15, -0.1) is 0 Å². The van der Waals surface area contributed by atoms with Crippen LogP contribution >= 0.6 is 0 Å². The lowest BCUT2D eigenvalue weighted by atomic mass is 10.1. The molecular formula is C18H22NO2S. The van der Waals surface area contributed by atoms with Gasteiger partial charge in [-0.3, -0.25) is 0 Å². The standard InChI is InChI=1S/C18H22NO2S/c1-4-16-8-10-17(11-9-16)13-19(22(3,20)21)14-18-7-5-6-15(2)12-18/h5-12H,2,4,13-14H2,1,3H3. The van der Waals surface area contributed by atoms with Gasteiger partial charge in [0, 0.05) is 13.1 Å². The van der Waals surface area contributed by atoms with Gasteiger partial charge >= 0.3 is 0 Å². The van der Waals surface area contributed by atoms with Crippen molar-refractivity contribution < 1.29 is 8.42 Å². The van der Waals surface area contributed by atoms with E-state index in [0.717, 1.165) is 23.1 Å². The molecular weight excluding hydrogens is 294 g/mol. The fourth-order valence-electron chi connectivity index (χ4n) is 2.31. The molecule has 22 heavy (non-hydrogen) atoms. The minimum atomic E-state index is -3.28. The third-order valence-corrected chi connectivity index (χ3v) is 4.81. The van der Waals surface area contributed by atoms with Crippen molar-refractivity contribution in [1.82, 2.24) is 4.31 Å². The average molecular weight is 316 g/mol. The molecule has 0 spiro atoms. The number of sulfonamides is 1. The lowest BCUT2D eigenvalue weighted by Gasteiger charge is -2.20. The van der Waals surface area contributed by atoms with Crippen LogP contribution in [0, 0.1) is 6.92 Å². The Balaban J connectivity index is 2.19. The highest BCUT2D eigenvalue weighted by Gasteiger charge is 2.17. The molecule has 2 aromatic rings. The fraction of sp³-hybridized carbons (Fsp3) is 0.278. The van der Waals surface area contributed by atoms with Crippen LogP contribution in [0.4, 0.5) is 0 Å². The molecule has 0 saturated heterocycles. The van der Waals surface area contributed by atoms with E-state index in [4.69, 9.17) is 0 Å². The minimum absolute atomic E-state index is 0.359. The first-order chi connectivity index (χ1) is 10.4. The summed E-state index contributed by atoms with van der Waals surface area (Å²) in [7, 11) is -3.28. The van der Waals surface area contributed by atoms with Crippen LogP contribution in [0.15, 0.2) is 48.5 Å². The van der Waals surface area contributed by atoms with Crippen LogP contribution < -0.4 is 0 Å². The summed E-state index contributed by atoms with van der Waals surface area (Å²) in [5.74, 6) is 0. The molecule has 2 rings (SSSR count). The van der Waals surface area contributed by atoms with Crippen LogP contribution in [0.1, 0.15) is 29.2 Å². The zero-order chi connectivity index (χ0) is 16.2. The molecule has 0 saturated carbocycles. The van der Waals surface area contributed by atoms with E-state index in [2.05, 4.69) is 13.8 Å². The Kier molecular flexibility index (Phi) is 5.37. The van der Waals surface area contributed by atoms with Gasteiger partial charge in [0.15, 0.2) is 0 Å². The molecule has 2 aromatic carbocycles. The molecule has 0 aromatic heterocycles. The van der Waals surface area contributed by atoms with Crippen LogP contribution in [0.5, 0.6) is 0 Å². The van der Waals surface area contributed by atoms with Crippen molar-refractivity contribution in [3.05, 3.63) is 77.7 Å². The Hall–Kier alpha value is -1.65. The highest BCUT2D eigenvalue weighted by Crippen LogP contribution is 2.15. The first-order valence-corrected chi connectivity index (χ1v) is 9.17. The van der Waals surface area contributed by atoms with Gasteiger partial charge in [-0.05, 0) is 35.6 Å². The van der Waals surface area contributed by atoms with Gasteiger partial charge < -0.3 is 0 Å². The summed E-state index contributed by atoms with van der Waals surface area (Å²) in [4.78, 5) is 0. The van der Waals surface area contributed by atoms with Crippen molar-refractivity contribution in [2.24, 2.45) is 0 Å². The Morgan fingerprint density at radius 1 is 0.955 bits per heavy atom. The lowest BCUT2D eigenvalue weighted by Crippen LogP contribution is -2.29. The first kappa shape index (κ1) is 16.7. The molecule has 0 aliphatic heterocycles. The van der Waals surface area contributed by atoms with Crippen molar-refractivity contribution in [2.75, 3.05) is 6.26 Å². The third kappa shape index (κ3) is 4.68. The number of aryl methyl sites for hydroxylation is 1. The summed E-state index contributed by atoms with van der Waals surface area (Å²) >= 11 is 0. The van der Waals surface area contributed by atoms with Crippen molar-refractivity contribution in [3.8, 4) is 0 Å². The van der Waals surface area contributed by atoms with Crippen molar-refractivity contribution in [3.63, 3.8) is 0 Å². The van der Waals surface area contributed by atoms with Gasteiger partial charge in [0.05, 0.1) is 6.26 Å². The number of benzene rings is 2. The van der Waals surface area contributed by atoms with E-state index in [1.165, 1.54) is 16.1 Å². The van der Waals surface area contributed by atoms with Crippen LogP contribution in [-0.2, 0) is 29.5 Å². The number of nitrogens with zero attached hydrogens (tertiary/aromatic N) is 1. The average Bonchev–Trinajstić information content (AvgIpc) is 2.46. The smallest absolute Gasteiger partial charge is 0.211 e. The lowest BCUT2D eigenvalue weighted by molar-refractivity contribution is 0.405. The molecule has 0 atom stereocenters. The Bertz CT molecular complexity index is 721. The van der Waals surface area contributed by atoms with Gasteiger partial charge in [0.1, 0.15) is 0 Å². The van der Waals surface area contributed by atoms with E-state index < -0.39 is 10.0 Å². The van der Waals surface area contributed by atoms with E-state index in [0.29, 0.717) is 13.1 Å². The Labute approximate surface area is 133 Å². The molecule has 4 heteroatoms. The predicted octanol–water partition coefficient (Wildman–Crippen LogP) is 3.39. The third-order valence-electron chi connectivity index (χ3n) is 3.61. The van der Waals surface area contributed by atoms with Crippen LogP contribution in [0.3, 0.4) is 0 Å². The monoisotopic (exact) mass is 316 g/mol. The second kappa shape index (κ2) is 7.07. The second-order valence-corrected chi connectivity index (χ2v) is 7.50. The van der Waals surface area contributed by atoms with E-state index in [9.17, 15) is 8.42 Å². The summed E-state index contributed by atoms with van der Waals surface area (Å²) in [6.07, 6.45) is 2.23. The maximum atomic E-state index is 12.1. The number of hydrogen-bond donors (Lipinski definition) is 0. The van der Waals surface area contributed by atoms with Gasteiger partial charge in [0.25, 0.3) is 0 Å². The van der Waals surface area contributed by atoms with Crippen LogP contribution in [-0.4, -0.2) is 19.0 Å². The largest absolute Gasteiger partial charge is 0.212 e. The minimum Gasteiger partial charge on any atom is -0.212 e. The summed E-state index contributed by atoms with van der Waals surface area (Å²) in [5.41, 5.74) is 4.08. The predicted molar refractivity (Wildman–Crippen MR) is 90.8 cm³/mol. The quantitative estimate of drug-likeness (QED) is 0.819. The fourth-order valence-corrected chi connectivity index (χ4v) is 3.07. The number of rotatable bonds is 6. The van der Waals surface area contributed by atoms with Gasteiger partial charge in [0.2, 0.25) is 10.0 Å². The number of hydrogen-bond acceptors (Lipinski definition) is 2. The molecule has 3 nitrogen and oxygen atoms in total. The molecule has 0 aliphatic rings. The van der Waals surface area contributed by atoms with Gasteiger partial charge in [-0.1, -0.05) is 55.5 Å². The normalized spacial score (nSPS) is 11.8. The molecule has 0 bridgehead atoms. The SMILES string of the molecule is [CH2]c1cccc(CN(Cc2ccc(CC)cc2)S(C)(=O)=O)c1. The molecule has 0 N–H and O–H groups in total. The molecule has 0 heterocycles. The van der Waals surface area contributed by atoms with Crippen molar-refractivity contribution >= 4 is 10.0 Å². The topological polar surface area (TPSA) is 37.4 Å². The van der Waals surface area contributed by atoms with E-state index in [-0.39, 0.29) is 0 Å². The molecule has 0 aliphatic carbocycles. The zero-order valence-corrected chi connectivity index (χ0v) is 13.9. The van der Waals surface area contributed by atoms with Crippen LogP contribution in [0.2, 0.25) is 0 Å². The maximum Gasteiger partial charge on any atom is 0.211 e. The van der Waals surface area contributed by atoms with E-state index in [1.807, 2.05) is 48.5 Å². The molecule has 0 unspecified atom stereocenters. The summed E-state index contributed by atoms with van der Waals surface area (Å²) in [6, 6.07) is 15.7. The summed E-state index contributed by atoms with van der Waals surface area (Å²) < 4.78 is 25.6. The van der Waals surface area contributed by atoms with Crippen molar-refractivity contribution in [2.45, 2.75) is 26.4 Å². The summed E-state index contributed by atoms with van der Waals surface area (Å²) in [6.45, 7) is 6.72. The second-order valence-electron chi connectivity index (χ2n) is 5.52. The van der Waals surface area contributed by atoms with Crippen LogP contribution in [0.25, 0.3) is 0 Å². The first-order valence-electron chi connectivity index (χ1n) is 7.32. The molecule has 117 valence electrons. The highest BCUT2D eigenvalue weighted by molar-refractivity contribution is 7.88. The van der Waals surface area contributed by atoms with Gasteiger partial charge in [-0.25, -0.2) is 8.42 Å². The van der Waals surface area contributed by atoms with Crippen molar-refractivity contribution in [1.29, 1.82) is 0 Å². The van der Waals surface area contributed by atoms with E-state index in [1.54, 1.807) is 0 Å². The Morgan fingerprint density at radius 2 is 1.55 bits per heavy atom. The molecule has 0 amide bonds. The molecule has 1 radical (unpaired) electrons. The van der Waals surface area contributed by atoms with E-state index >= 15 is 0 Å². The summed E-state index contributed by atoms with van der Waals surface area (Å²) in [5, 5.41) is 0. The zero-order valence-electron chi connectivity index (χ0n) is 13.1. The molecule has 0 fully saturated rings.